The van der Waals surface area contributed by atoms with E-state index in [2.05, 4.69) is 0 Å². The first-order valence-electron chi connectivity index (χ1n) is 5.22. The molecule has 0 saturated heterocycles. The molecule has 1 aromatic carbocycles. The zero-order valence-corrected chi connectivity index (χ0v) is 9.03. The fraction of sp³-hybridized carbons (Fsp3) is 0.417. The first-order valence-corrected chi connectivity index (χ1v) is 5.22. The van der Waals surface area contributed by atoms with Crippen LogP contribution in [0.5, 0.6) is 0 Å². The Kier molecular flexibility index (Phi) is 2.46. The number of carboxylic acids is 1. The van der Waals surface area contributed by atoms with Crippen molar-refractivity contribution in [3.63, 3.8) is 0 Å². The summed E-state index contributed by atoms with van der Waals surface area (Å²) in [7, 11) is 0. The maximum absolute atomic E-state index is 13.0. The van der Waals surface area contributed by atoms with E-state index in [1.807, 2.05) is 0 Å². The van der Waals surface area contributed by atoms with Crippen LogP contribution >= 0.6 is 0 Å². The summed E-state index contributed by atoms with van der Waals surface area (Å²) in [5.74, 6) is -1.30. The van der Waals surface area contributed by atoms with Gasteiger partial charge in [-0.15, -0.1) is 0 Å². The molecular weight excluding hydrogens is 209 g/mol. The quantitative estimate of drug-likeness (QED) is 0.817. The van der Waals surface area contributed by atoms with E-state index in [0.717, 1.165) is 24.0 Å². The van der Waals surface area contributed by atoms with E-state index < -0.39 is 17.4 Å². The lowest BCUT2D eigenvalue weighted by Gasteiger charge is -2.22. The van der Waals surface area contributed by atoms with Gasteiger partial charge in [0.15, 0.2) is 0 Å². The number of hydrogen-bond donors (Lipinski definition) is 2. The van der Waals surface area contributed by atoms with Gasteiger partial charge in [-0.1, -0.05) is 6.07 Å². The van der Waals surface area contributed by atoms with Gasteiger partial charge >= 0.3 is 5.97 Å². The van der Waals surface area contributed by atoms with E-state index in [4.69, 9.17) is 10.8 Å². The number of rotatable bonds is 3. The van der Waals surface area contributed by atoms with Gasteiger partial charge in [-0.05, 0) is 43.0 Å². The lowest BCUT2D eigenvalue weighted by molar-refractivity contribution is -0.139. The Morgan fingerprint density at radius 2 is 2.19 bits per heavy atom. The molecule has 3 N–H and O–H groups in total. The van der Waals surface area contributed by atoms with Crippen molar-refractivity contribution < 1.29 is 14.3 Å². The molecule has 4 heteroatoms. The largest absolute Gasteiger partial charge is 0.480 e. The zero-order chi connectivity index (χ0) is 11.9. The van der Waals surface area contributed by atoms with Crippen molar-refractivity contribution in [3.8, 4) is 0 Å². The third-order valence-corrected chi connectivity index (χ3v) is 3.37. The number of carboxylic acid groups (broad SMARTS) is 1. The van der Waals surface area contributed by atoms with E-state index >= 15 is 0 Å². The zero-order valence-electron chi connectivity index (χ0n) is 9.03. The number of aryl methyl sites for hydroxylation is 1. The molecule has 0 amide bonds. The highest BCUT2D eigenvalue weighted by molar-refractivity contribution is 5.77. The number of aliphatic carboxylic acids is 1. The van der Waals surface area contributed by atoms with Gasteiger partial charge < -0.3 is 10.8 Å². The summed E-state index contributed by atoms with van der Waals surface area (Å²) in [5.41, 5.74) is 6.86. The van der Waals surface area contributed by atoms with Gasteiger partial charge in [0, 0.05) is 5.41 Å². The molecule has 1 aliphatic carbocycles. The average Bonchev–Trinajstić information content (AvgIpc) is 2.97. The number of carbonyl (C=O) groups is 1. The first kappa shape index (κ1) is 11.1. The summed E-state index contributed by atoms with van der Waals surface area (Å²) in [6, 6.07) is 3.53. The van der Waals surface area contributed by atoms with Crippen LogP contribution in [0.15, 0.2) is 18.2 Å². The normalized spacial score (nSPS) is 19.2. The van der Waals surface area contributed by atoms with Crippen molar-refractivity contribution in [2.75, 3.05) is 0 Å². The van der Waals surface area contributed by atoms with Crippen LogP contribution in [-0.4, -0.2) is 17.1 Å². The highest BCUT2D eigenvalue weighted by atomic mass is 19.1. The molecule has 1 aliphatic rings. The molecule has 86 valence electrons. The van der Waals surface area contributed by atoms with E-state index in [1.54, 1.807) is 13.0 Å². The Morgan fingerprint density at radius 3 is 2.62 bits per heavy atom. The van der Waals surface area contributed by atoms with Gasteiger partial charge in [0.05, 0.1) is 0 Å². The molecule has 1 saturated carbocycles. The van der Waals surface area contributed by atoms with Crippen molar-refractivity contribution in [2.45, 2.75) is 31.2 Å². The molecule has 2 rings (SSSR count). The molecule has 3 nitrogen and oxygen atoms in total. The maximum Gasteiger partial charge on any atom is 0.321 e. The number of nitrogens with two attached hydrogens (primary N) is 1. The van der Waals surface area contributed by atoms with Gasteiger partial charge in [-0.25, -0.2) is 4.39 Å². The van der Waals surface area contributed by atoms with Crippen LogP contribution in [0.3, 0.4) is 0 Å². The minimum Gasteiger partial charge on any atom is -0.480 e. The highest BCUT2D eigenvalue weighted by Gasteiger charge is 2.52. The second-order valence-corrected chi connectivity index (χ2v) is 4.43. The smallest absolute Gasteiger partial charge is 0.321 e. The molecule has 16 heavy (non-hydrogen) atoms. The Bertz CT molecular complexity index is 441. The summed E-state index contributed by atoms with van der Waals surface area (Å²) < 4.78 is 13.0. The Balaban J connectivity index is 2.40. The Labute approximate surface area is 93.1 Å². The van der Waals surface area contributed by atoms with Crippen molar-refractivity contribution in [1.82, 2.24) is 0 Å². The molecule has 0 spiro atoms. The van der Waals surface area contributed by atoms with Crippen molar-refractivity contribution in [1.29, 1.82) is 0 Å². The predicted octanol–water partition coefficient (Wildman–Crippen LogP) is 1.58. The Morgan fingerprint density at radius 1 is 1.56 bits per heavy atom. The molecule has 0 aromatic heterocycles. The summed E-state index contributed by atoms with van der Waals surface area (Å²) in [6.45, 7) is 1.78. The lowest BCUT2D eigenvalue weighted by Crippen LogP contribution is -2.42. The third-order valence-electron chi connectivity index (χ3n) is 3.37. The van der Waals surface area contributed by atoms with Gasteiger partial charge in [0.1, 0.15) is 11.9 Å². The molecule has 0 heterocycles. The SMILES string of the molecule is Cc1cc(F)ccc1C1(C(N)C(=O)O)CC1. The molecule has 1 aromatic rings. The van der Waals surface area contributed by atoms with Crippen molar-refractivity contribution in [2.24, 2.45) is 5.73 Å². The first-order chi connectivity index (χ1) is 7.47. The monoisotopic (exact) mass is 223 g/mol. The molecule has 1 fully saturated rings. The van der Waals surface area contributed by atoms with Gasteiger partial charge in [0.2, 0.25) is 0 Å². The standard InChI is InChI=1S/C12H14FNO2/c1-7-6-8(13)2-3-9(7)12(4-5-12)10(14)11(15)16/h2-3,6,10H,4-5,14H2,1H3,(H,15,16). The Hall–Kier alpha value is -1.42. The van der Waals surface area contributed by atoms with E-state index in [0.29, 0.717) is 0 Å². The minimum atomic E-state index is -0.999. The summed E-state index contributed by atoms with van der Waals surface area (Å²) in [4.78, 5) is 10.9. The molecular formula is C12H14FNO2. The molecule has 0 radical (unpaired) electrons. The van der Waals surface area contributed by atoms with E-state index in [1.165, 1.54) is 12.1 Å². The number of halogens is 1. The van der Waals surface area contributed by atoms with Crippen LogP contribution in [0, 0.1) is 12.7 Å². The van der Waals surface area contributed by atoms with Gasteiger partial charge in [-0.2, -0.15) is 0 Å². The van der Waals surface area contributed by atoms with Crippen LogP contribution in [0.1, 0.15) is 24.0 Å². The number of hydrogen-bond acceptors (Lipinski definition) is 2. The van der Waals surface area contributed by atoms with Crippen molar-refractivity contribution in [3.05, 3.63) is 35.1 Å². The van der Waals surface area contributed by atoms with Crippen molar-refractivity contribution >= 4 is 5.97 Å². The van der Waals surface area contributed by atoms with E-state index in [-0.39, 0.29) is 5.82 Å². The molecule has 1 unspecified atom stereocenters. The fourth-order valence-corrected chi connectivity index (χ4v) is 2.30. The second-order valence-electron chi connectivity index (χ2n) is 4.43. The van der Waals surface area contributed by atoms with Crippen LogP contribution < -0.4 is 5.73 Å². The van der Waals surface area contributed by atoms with E-state index in [9.17, 15) is 9.18 Å². The maximum atomic E-state index is 13.0. The van der Waals surface area contributed by atoms with Gasteiger partial charge in [0.25, 0.3) is 0 Å². The third kappa shape index (κ3) is 1.59. The fourth-order valence-electron chi connectivity index (χ4n) is 2.30. The van der Waals surface area contributed by atoms with Gasteiger partial charge in [-0.3, -0.25) is 4.79 Å². The number of benzene rings is 1. The van der Waals surface area contributed by atoms with Crippen LogP contribution in [0.2, 0.25) is 0 Å². The highest BCUT2D eigenvalue weighted by Crippen LogP contribution is 2.51. The summed E-state index contributed by atoms with van der Waals surface area (Å²) >= 11 is 0. The lowest BCUT2D eigenvalue weighted by atomic mass is 9.85. The van der Waals surface area contributed by atoms with Crippen LogP contribution in [-0.2, 0) is 10.2 Å². The average molecular weight is 223 g/mol. The molecule has 0 aliphatic heterocycles. The van der Waals surface area contributed by atoms with Crippen LogP contribution in [0.4, 0.5) is 4.39 Å². The summed E-state index contributed by atoms with van der Waals surface area (Å²) in [6.07, 6.45) is 1.51. The topological polar surface area (TPSA) is 63.3 Å². The van der Waals surface area contributed by atoms with Crippen LogP contribution in [0.25, 0.3) is 0 Å². The predicted molar refractivity (Wildman–Crippen MR) is 57.7 cm³/mol. The molecule has 1 atom stereocenters. The minimum absolute atomic E-state index is 0.305. The second kappa shape index (κ2) is 3.56. The molecule has 0 bridgehead atoms. The summed E-state index contributed by atoms with van der Waals surface area (Å²) in [5, 5.41) is 8.97.